The van der Waals surface area contributed by atoms with Crippen LogP contribution in [-0.2, 0) is 25.7 Å². The fourth-order valence-electron chi connectivity index (χ4n) is 3.53. The average Bonchev–Trinajstić information content (AvgIpc) is 2.85. The van der Waals surface area contributed by atoms with E-state index in [2.05, 4.69) is 15.3 Å². The van der Waals surface area contributed by atoms with Gasteiger partial charge in [-0.05, 0) is 51.1 Å². The number of aromatic nitrogens is 2. The lowest BCUT2D eigenvalue weighted by Crippen LogP contribution is -2.34. The van der Waals surface area contributed by atoms with Crippen LogP contribution in [0, 0.1) is 0 Å². The maximum Gasteiger partial charge on any atom is 0.417 e. The number of aliphatic hydroxyl groups is 1. The third-order valence-corrected chi connectivity index (χ3v) is 7.49. The molecule has 0 spiro atoms. The van der Waals surface area contributed by atoms with E-state index in [9.17, 15) is 31.5 Å². The second-order valence-corrected chi connectivity index (χ2v) is 12.1. The highest BCUT2D eigenvalue weighted by Gasteiger charge is 2.37. The van der Waals surface area contributed by atoms with Crippen LogP contribution in [0.4, 0.5) is 29.5 Å². The number of carbonyl (C=O) groups is 1. The zero-order valence-corrected chi connectivity index (χ0v) is 24.4. The molecule has 2 aromatic heterocycles. The molecule has 16 heteroatoms. The maximum absolute atomic E-state index is 13.7. The Bertz CT molecular complexity index is 1530. The van der Waals surface area contributed by atoms with E-state index in [0.29, 0.717) is 10.4 Å². The predicted octanol–water partition coefficient (Wildman–Crippen LogP) is 6.03. The van der Waals surface area contributed by atoms with Crippen LogP contribution in [0.5, 0.6) is 0 Å². The van der Waals surface area contributed by atoms with Gasteiger partial charge in [0.15, 0.2) is 0 Å². The van der Waals surface area contributed by atoms with E-state index in [1.54, 1.807) is 20.8 Å². The van der Waals surface area contributed by atoms with Gasteiger partial charge in [0, 0.05) is 25.1 Å². The number of hydrogen-bond acceptors (Lipinski definition) is 8. The maximum atomic E-state index is 13.7. The predicted molar refractivity (Wildman–Crippen MR) is 145 cm³/mol. The number of sulfonamides is 1. The van der Waals surface area contributed by atoms with Gasteiger partial charge >= 0.3 is 12.3 Å². The first-order chi connectivity index (χ1) is 19.0. The van der Waals surface area contributed by atoms with Gasteiger partial charge in [0.25, 0.3) is 10.0 Å². The summed E-state index contributed by atoms with van der Waals surface area (Å²) >= 11 is 11.8. The van der Waals surface area contributed by atoms with Crippen LogP contribution < -0.4 is 9.62 Å². The number of halogens is 5. The molecule has 41 heavy (non-hydrogen) atoms. The molecule has 2 N–H and O–H groups in total. The standard InChI is InChI=1S/C25H25Cl2F3N4O6S/c1-24(2,3)40-23(36)33-22-16(6-5-9-31-22)21(35)20-19(10-14(26)12-32-20)34(13-39-4)41(37,38)15-7-8-18(27)17(11-15)25(28,29)30/h5-12,21,35H,13H2,1-4H3,(H,31,33,36). The Balaban J connectivity index is 2.14. The van der Waals surface area contributed by atoms with Gasteiger partial charge in [-0.15, -0.1) is 0 Å². The lowest BCUT2D eigenvalue weighted by molar-refractivity contribution is -0.137. The minimum atomic E-state index is -4.94. The number of benzene rings is 1. The molecule has 3 aromatic rings. The number of aliphatic hydroxyl groups excluding tert-OH is 1. The van der Waals surface area contributed by atoms with Crippen molar-refractivity contribution in [1.29, 1.82) is 0 Å². The molecular formula is C25H25Cl2F3N4O6S. The van der Waals surface area contributed by atoms with Crippen molar-refractivity contribution in [2.24, 2.45) is 0 Å². The third-order valence-electron chi connectivity index (χ3n) is 5.22. The second kappa shape index (κ2) is 12.4. The molecular weight excluding hydrogens is 612 g/mol. The summed E-state index contributed by atoms with van der Waals surface area (Å²) in [4.78, 5) is 19.8. The van der Waals surface area contributed by atoms with Crippen molar-refractivity contribution in [1.82, 2.24) is 9.97 Å². The lowest BCUT2D eigenvalue weighted by Gasteiger charge is -2.27. The van der Waals surface area contributed by atoms with Crippen molar-refractivity contribution in [3.63, 3.8) is 0 Å². The number of ether oxygens (including phenoxy) is 2. The summed E-state index contributed by atoms with van der Waals surface area (Å²) in [5.41, 5.74) is -2.82. The van der Waals surface area contributed by atoms with Crippen molar-refractivity contribution >= 4 is 50.8 Å². The highest BCUT2D eigenvalue weighted by molar-refractivity contribution is 7.92. The number of nitrogens with one attached hydrogen (secondary N) is 1. The molecule has 1 atom stereocenters. The third kappa shape index (κ3) is 7.77. The Hall–Kier alpha value is -3.17. The van der Waals surface area contributed by atoms with E-state index >= 15 is 0 Å². The van der Waals surface area contributed by atoms with Crippen LogP contribution in [0.3, 0.4) is 0 Å². The van der Waals surface area contributed by atoms with Crippen LogP contribution in [0.1, 0.15) is 43.7 Å². The molecule has 0 fully saturated rings. The van der Waals surface area contributed by atoms with Crippen LogP contribution in [-0.4, -0.2) is 49.0 Å². The number of pyridine rings is 2. The molecule has 0 saturated carbocycles. The van der Waals surface area contributed by atoms with Crippen LogP contribution in [0.15, 0.2) is 53.7 Å². The molecule has 222 valence electrons. The number of amides is 1. The fourth-order valence-corrected chi connectivity index (χ4v) is 5.32. The van der Waals surface area contributed by atoms with E-state index in [-0.39, 0.29) is 27.8 Å². The number of nitrogens with zero attached hydrogens (tertiary/aromatic N) is 3. The molecule has 0 bridgehead atoms. The van der Waals surface area contributed by atoms with Crippen molar-refractivity contribution < 1.29 is 41.0 Å². The molecule has 3 rings (SSSR count). The first-order valence-corrected chi connectivity index (χ1v) is 13.8. The quantitative estimate of drug-likeness (QED) is 0.287. The van der Waals surface area contributed by atoms with Gasteiger partial charge < -0.3 is 14.6 Å². The largest absolute Gasteiger partial charge is 0.444 e. The first-order valence-electron chi connectivity index (χ1n) is 11.6. The van der Waals surface area contributed by atoms with E-state index in [1.807, 2.05) is 0 Å². The molecule has 10 nitrogen and oxygen atoms in total. The molecule has 1 amide bonds. The zero-order chi connectivity index (χ0) is 30.8. The first kappa shape index (κ1) is 32.3. The molecule has 1 unspecified atom stereocenters. The summed E-state index contributed by atoms with van der Waals surface area (Å²) in [6.07, 6.45) is -5.07. The van der Waals surface area contributed by atoms with Gasteiger partial charge in [-0.3, -0.25) is 10.3 Å². The minimum Gasteiger partial charge on any atom is -0.444 e. The molecule has 0 radical (unpaired) electrons. The number of anilines is 2. The minimum absolute atomic E-state index is 0.00459. The molecule has 0 aliphatic carbocycles. The molecule has 1 aromatic carbocycles. The van der Waals surface area contributed by atoms with Crippen molar-refractivity contribution in [2.75, 3.05) is 23.5 Å². The van der Waals surface area contributed by atoms with E-state index in [4.69, 9.17) is 32.7 Å². The highest BCUT2D eigenvalue weighted by atomic mass is 35.5. The zero-order valence-electron chi connectivity index (χ0n) is 22.0. The van der Waals surface area contributed by atoms with Crippen molar-refractivity contribution in [3.05, 3.63) is 75.7 Å². The summed E-state index contributed by atoms with van der Waals surface area (Å²) in [5.74, 6) is -0.120. The summed E-state index contributed by atoms with van der Waals surface area (Å²) in [6, 6.07) is 6.07. The Labute approximate surface area is 244 Å². The Morgan fingerprint density at radius 3 is 2.44 bits per heavy atom. The lowest BCUT2D eigenvalue weighted by atomic mass is 10.1. The Morgan fingerprint density at radius 2 is 1.83 bits per heavy atom. The highest BCUT2D eigenvalue weighted by Crippen LogP contribution is 2.39. The van der Waals surface area contributed by atoms with Gasteiger partial charge in [0.2, 0.25) is 0 Å². The van der Waals surface area contributed by atoms with Gasteiger partial charge in [-0.2, -0.15) is 13.2 Å². The number of methoxy groups -OCH3 is 1. The number of alkyl halides is 3. The van der Waals surface area contributed by atoms with Crippen LogP contribution >= 0.6 is 23.2 Å². The summed E-state index contributed by atoms with van der Waals surface area (Å²) in [7, 11) is -3.63. The van der Waals surface area contributed by atoms with Gasteiger partial charge in [-0.25, -0.2) is 22.5 Å². The molecule has 0 saturated heterocycles. The normalized spacial score (nSPS) is 13.0. The molecule has 0 aliphatic heterocycles. The Morgan fingerprint density at radius 1 is 1.15 bits per heavy atom. The topological polar surface area (TPSA) is 131 Å². The number of hydrogen-bond donors (Lipinski definition) is 2. The summed E-state index contributed by atoms with van der Waals surface area (Å²) in [6.45, 7) is 4.24. The van der Waals surface area contributed by atoms with Crippen molar-refractivity contribution in [3.8, 4) is 0 Å². The van der Waals surface area contributed by atoms with Gasteiger partial charge in [0.1, 0.15) is 24.3 Å². The van der Waals surface area contributed by atoms with E-state index in [1.165, 1.54) is 18.3 Å². The monoisotopic (exact) mass is 636 g/mol. The van der Waals surface area contributed by atoms with E-state index < -0.39 is 56.2 Å². The second-order valence-electron chi connectivity index (χ2n) is 9.44. The fraction of sp³-hybridized carbons (Fsp3) is 0.320. The van der Waals surface area contributed by atoms with Crippen molar-refractivity contribution in [2.45, 2.75) is 43.5 Å². The molecule has 2 heterocycles. The van der Waals surface area contributed by atoms with Crippen LogP contribution in [0.2, 0.25) is 10.0 Å². The summed E-state index contributed by atoms with van der Waals surface area (Å²) in [5, 5.41) is 13.0. The Kier molecular flexibility index (Phi) is 9.76. The molecule has 0 aliphatic rings. The SMILES string of the molecule is COCN(c1cc(Cl)cnc1C(O)c1cccnc1NC(=O)OC(C)(C)C)S(=O)(=O)c1ccc(Cl)c(C(F)(F)F)c1. The summed E-state index contributed by atoms with van der Waals surface area (Å²) < 4.78 is 78.7. The smallest absolute Gasteiger partial charge is 0.417 e. The van der Waals surface area contributed by atoms with Gasteiger partial charge in [-0.1, -0.05) is 29.3 Å². The number of carbonyl (C=O) groups excluding carboxylic acids is 1. The van der Waals surface area contributed by atoms with E-state index in [0.717, 1.165) is 31.5 Å². The van der Waals surface area contributed by atoms with Gasteiger partial charge in [0.05, 0.1) is 31.9 Å². The average molecular weight is 637 g/mol. The number of rotatable bonds is 8. The van der Waals surface area contributed by atoms with Crippen LogP contribution in [0.25, 0.3) is 0 Å².